The molecule has 1 aromatic heterocycles. The molecule has 0 aromatic carbocycles. The summed E-state index contributed by atoms with van der Waals surface area (Å²) in [5, 5.41) is 18.5. The molecule has 1 aromatic rings. The third kappa shape index (κ3) is 2.39. The minimum atomic E-state index is -0.337. The zero-order valence-electron chi connectivity index (χ0n) is 10.5. The molecule has 1 saturated heterocycles. The van der Waals surface area contributed by atoms with E-state index in [4.69, 9.17) is 11.0 Å². The van der Waals surface area contributed by atoms with Crippen molar-refractivity contribution in [1.82, 2.24) is 4.98 Å². The molecule has 0 amide bonds. The van der Waals surface area contributed by atoms with Gasteiger partial charge in [0.15, 0.2) is 5.82 Å². The predicted octanol–water partition coefficient (Wildman–Crippen LogP) is 1.28. The van der Waals surface area contributed by atoms with Gasteiger partial charge in [0, 0.05) is 18.8 Å². The Labute approximate surface area is 107 Å². The van der Waals surface area contributed by atoms with Gasteiger partial charge < -0.3 is 15.7 Å². The van der Waals surface area contributed by atoms with Crippen molar-refractivity contribution in [1.29, 1.82) is 5.26 Å². The fourth-order valence-corrected chi connectivity index (χ4v) is 2.54. The van der Waals surface area contributed by atoms with Gasteiger partial charge in [-0.25, -0.2) is 4.98 Å². The molecule has 0 aliphatic carbocycles. The SMILES string of the molecule is CC(O)CC1CCCN1c1nccc(C#N)c1N. The largest absolute Gasteiger partial charge is 0.395 e. The summed E-state index contributed by atoms with van der Waals surface area (Å²) in [5.74, 6) is 0.678. The van der Waals surface area contributed by atoms with E-state index in [0.29, 0.717) is 23.5 Å². The van der Waals surface area contributed by atoms with Crippen molar-refractivity contribution in [3.8, 4) is 6.07 Å². The fraction of sp³-hybridized carbons (Fsp3) is 0.538. The lowest BCUT2D eigenvalue weighted by atomic mass is 10.1. The van der Waals surface area contributed by atoms with Crippen LogP contribution in [0.3, 0.4) is 0 Å². The van der Waals surface area contributed by atoms with E-state index in [0.717, 1.165) is 19.4 Å². The fourth-order valence-electron chi connectivity index (χ4n) is 2.54. The number of nitrogens with zero attached hydrogens (tertiary/aromatic N) is 3. The van der Waals surface area contributed by atoms with E-state index in [-0.39, 0.29) is 12.1 Å². The Morgan fingerprint density at radius 3 is 3.17 bits per heavy atom. The summed E-state index contributed by atoms with van der Waals surface area (Å²) in [6.07, 6.45) is 4.08. The average Bonchev–Trinajstić information content (AvgIpc) is 2.76. The van der Waals surface area contributed by atoms with Crippen molar-refractivity contribution in [3.63, 3.8) is 0 Å². The Balaban J connectivity index is 2.28. The van der Waals surface area contributed by atoms with Gasteiger partial charge in [-0.15, -0.1) is 0 Å². The lowest BCUT2D eigenvalue weighted by Gasteiger charge is -2.27. The van der Waals surface area contributed by atoms with Gasteiger partial charge >= 0.3 is 0 Å². The third-order valence-corrected chi connectivity index (χ3v) is 3.35. The number of rotatable bonds is 3. The minimum absolute atomic E-state index is 0.258. The second kappa shape index (κ2) is 5.23. The molecule has 1 fully saturated rings. The van der Waals surface area contributed by atoms with Crippen LogP contribution in [-0.2, 0) is 0 Å². The maximum absolute atomic E-state index is 9.52. The van der Waals surface area contributed by atoms with Crippen molar-refractivity contribution in [2.45, 2.75) is 38.3 Å². The van der Waals surface area contributed by atoms with Crippen LogP contribution in [0.15, 0.2) is 12.3 Å². The summed E-state index contributed by atoms with van der Waals surface area (Å²) in [5.41, 5.74) is 6.88. The normalized spacial score (nSPS) is 20.7. The van der Waals surface area contributed by atoms with E-state index >= 15 is 0 Å². The van der Waals surface area contributed by atoms with Gasteiger partial charge in [-0.05, 0) is 32.3 Å². The van der Waals surface area contributed by atoms with E-state index in [1.807, 2.05) is 0 Å². The van der Waals surface area contributed by atoms with Crippen LogP contribution < -0.4 is 10.6 Å². The first-order valence-corrected chi connectivity index (χ1v) is 6.22. The van der Waals surface area contributed by atoms with Gasteiger partial charge in [0.1, 0.15) is 6.07 Å². The molecule has 1 aliphatic heterocycles. The van der Waals surface area contributed by atoms with Gasteiger partial charge in [-0.1, -0.05) is 0 Å². The van der Waals surface area contributed by atoms with E-state index in [1.165, 1.54) is 0 Å². The molecule has 0 bridgehead atoms. The lowest BCUT2D eigenvalue weighted by Crippen LogP contribution is -2.33. The van der Waals surface area contributed by atoms with Crippen LogP contribution in [0.5, 0.6) is 0 Å². The summed E-state index contributed by atoms with van der Waals surface area (Å²) >= 11 is 0. The Bertz CT molecular complexity index is 467. The van der Waals surface area contributed by atoms with Crippen LogP contribution >= 0.6 is 0 Å². The lowest BCUT2D eigenvalue weighted by molar-refractivity contribution is 0.175. The van der Waals surface area contributed by atoms with Crippen molar-refractivity contribution in [2.75, 3.05) is 17.2 Å². The highest BCUT2D eigenvalue weighted by molar-refractivity contribution is 5.70. The van der Waals surface area contributed by atoms with E-state index < -0.39 is 0 Å². The molecule has 2 rings (SSSR count). The number of anilines is 2. The van der Waals surface area contributed by atoms with Gasteiger partial charge in [0.2, 0.25) is 0 Å². The monoisotopic (exact) mass is 246 g/mol. The van der Waals surface area contributed by atoms with Gasteiger partial charge in [-0.3, -0.25) is 0 Å². The second-order valence-corrected chi connectivity index (χ2v) is 4.78. The maximum atomic E-state index is 9.52. The molecule has 18 heavy (non-hydrogen) atoms. The van der Waals surface area contributed by atoms with Crippen LogP contribution in [0.4, 0.5) is 11.5 Å². The van der Waals surface area contributed by atoms with Crippen LogP contribution in [0.2, 0.25) is 0 Å². The molecular weight excluding hydrogens is 228 g/mol. The number of hydrogen-bond acceptors (Lipinski definition) is 5. The molecule has 2 unspecified atom stereocenters. The van der Waals surface area contributed by atoms with Crippen molar-refractivity contribution < 1.29 is 5.11 Å². The van der Waals surface area contributed by atoms with Crippen molar-refractivity contribution in [2.24, 2.45) is 0 Å². The molecule has 0 saturated carbocycles. The number of nitrogen functional groups attached to an aromatic ring is 1. The molecule has 5 nitrogen and oxygen atoms in total. The van der Waals surface area contributed by atoms with Crippen LogP contribution in [0.1, 0.15) is 31.7 Å². The zero-order chi connectivity index (χ0) is 13.1. The highest BCUT2D eigenvalue weighted by Crippen LogP contribution is 2.31. The Hall–Kier alpha value is -1.80. The molecule has 1 aliphatic rings. The molecule has 2 atom stereocenters. The number of hydrogen-bond donors (Lipinski definition) is 2. The zero-order valence-corrected chi connectivity index (χ0v) is 10.5. The standard InChI is InChI=1S/C13H18N4O/c1-9(18)7-11-3-2-6-17(11)13-12(15)10(8-14)4-5-16-13/h4-5,9,11,18H,2-3,6-7,15H2,1H3. The summed E-state index contributed by atoms with van der Waals surface area (Å²) < 4.78 is 0. The molecule has 3 N–H and O–H groups in total. The Morgan fingerprint density at radius 1 is 1.72 bits per heavy atom. The highest BCUT2D eigenvalue weighted by Gasteiger charge is 2.28. The van der Waals surface area contributed by atoms with Crippen molar-refractivity contribution >= 4 is 11.5 Å². The topological polar surface area (TPSA) is 86.2 Å². The van der Waals surface area contributed by atoms with Gasteiger partial charge in [0.05, 0.1) is 17.4 Å². The average molecular weight is 246 g/mol. The third-order valence-electron chi connectivity index (χ3n) is 3.35. The number of nitriles is 1. The van der Waals surface area contributed by atoms with Crippen LogP contribution in [0.25, 0.3) is 0 Å². The summed E-state index contributed by atoms with van der Waals surface area (Å²) in [4.78, 5) is 6.41. The first-order chi connectivity index (χ1) is 8.63. The first kappa shape index (κ1) is 12.7. The molecule has 96 valence electrons. The molecule has 5 heteroatoms. The predicted molar refractivity (Wildman–Crippen MR) is 70.0 cm³/mol. The number of nitrogens with two attached hydrogens (primary N) is 1. The molecular formula is C13H18N4O. The van der Waals surface area contributed by atoms with E-state index in [1.54, 1.807) is 19.2 Å². The number of aliphatic hydroxyl groups is 1. The summed E-state index contributed by atoms with van der Waals surface area (Å²) in [6.45, 7) is 2.67. The van der Waals surface area contributed by atoms with E-state index in [9.17, 15) is 5.11 Å². The minimum Gasteiger partial charge on any atom is -0.395 e. The smallest absolute Gasteiger partial charge is 0.153 e. The second-order valence-electron chi connectivity index (χ2n) is 4.78. The Kier molecular flexibility index (Phi) is 3.68. The number of aromatic nitrogens is 1. The van der Waals surface area contributed by atoms with Crippen LogP contribution in [-0.4, -0.2) is 28.8 Å². The molecule has 2 heterocycles. The number of aliphatic hydroxyl groups excluding tert-OH is 1. The number of pyridine rings is 1. The quantitative estimate of drug-likeness (QED) is 0.839. The van der Waals surface area contributed by atoms with Crippen LogP contribution in [0, 0.1) is 11.3 Å². The molecule has 0 spiro atoms. The van der Waals surface area contributed by atoms with Gasteiger partial charge in [-0.2, -0.15) is 5.26 Å². The summed E-state index contributed by atoms with van der Waals surface area (Å²) in [6, 6.07) is 3.96. The van der Waals surface area contributed by atoms with Gasteiger partial charge in [0.25, 0.3) is 0 Å². The van der Waals surface area contributed by atoms with E-state index in [2.05, 4.69) is 16.0 Å². The maximum Gasteiger partial charge on any atom is 0.153 e. The first-order valence-electron chi connectivity index (χ1n) is 6.22. The van der Waals surface area contributed by atoms with Crippen molar-refractivity contribution in [3.05, 3.63) is 17.8 Å². The molecule has 0 radical (unpaired) electrons. The highest BCUT2D eigenvalue weighted by atomic mass is 16.3. The summed E-state index contributed by atoms with van der Waals surface area (Å²) in [7, 11) is 0. The Morgan fingerprint density at radius 2 is 2.50 bits per heavy atom.